The first-order valence-electron chi connectivity index (χ1n) is 2.91. The molecule has 0 unspecified atom stereocenters. The summed E-state index contributed by atoms with van der Waals surface area (Å²) >= 11 is 0. The van der Waals surface area contributed by atoms with Crippen LogP contribution in [-0.2, 0) is 14.4 Å². The second-order valence-corrected chi connectivity index (χ2v) is 3.19. The summed E-state index contributed by atoms with van der Waals surface area (Å²) in [4.78, 5) is 0. The lowest BCUT2D eigenvalue weighted by atomic mass is 10.7. The minimum Gasteiger partial charge on any atom is -0.191 e. The van der Waals surface area contributed by atoms with Crippen LogP contribution in [0.1, 0.15) is 0 Å². The average molecular weight is 190 g/mol. The summed E-state index contributed by atoms with van der Waals surface area (Å²) in [6, 6.07) is 1.18. The molecule has 7 nitrogen and oxygen atoms in total. The molecular formula is C4H6N4O3S. The van der Waals surface area contributed by atoms with Gasteiger partial charge in [-0.2, -0.15) is 18.2 Å². The molecule has 0 spiro atoms. The third-order valence-corrected chi connectivity index (χ3v) is 2.04. The second-order valence-electron chi connectivity index (χ2n) is 1.70. The van der Waals surface area contributed by atoms with Crippen LogP contribution in [0.4, 0.5) is 0 Å². The van der Waals surface area contributed by atoms with Crippen molar-refractivity contribution in [2.75, 3.05) is 7.05 Å². The smallest absolute Gasteiger partial charge is 0.191 e. The Morgan fingerprint density at radius 2 is 2.33 bits per heavy atom. The maximum Gasteiger partial charge on any atom is 0.332 e. The summed E-state index contributed by atoms with van der Waals surface area (Å²) in [6.45, 7) is 0. The van der Waals surface area contributed by atoms with Gasteiger partial charge >= 0.3 is 10.1 Å². The molecule has 0 aromatic carbocycles. The van der Waals surface area contributed by atoms with E-state index < -0.39 is 10.1 Å². The lowest BCUT2D eigenvalue weighted by Gasteiger charge is -1.99. The Kier molecular flexibility index (Phi) is 2.63. The van der Waals surface area contributed by atoms with Crippen molar-refractivity contribution < 1.29 is 12.7 Å². The first-order chi connectivity index (χ1) is 5.67. The molecule has 0 amide bonds. The Hall–Kier alpha value is -1.12. The summed E-state index contributed by atoms with van der Waals surface area (Å²) in [5, 5.41) is 9.43. The fraction of sp³-hybridized carbons (Fsp3) is 0.250. The summed E-state index contributed by atoms with van der Waals surface area (Å²) in [5.41, 5.74) is 2.03. The maximum atomic E-state index is 11.0. The van der Waals surface area contributed by atoms with Crippen molar-refractivity contribution in [1.82, 2.24) is 20.9 Å². The quantitative estimate of drug-likeness (QED) is 0.592. The molecule has 0 radical (unpaired) electrons. The molecule has 1 aromatic heterocycles. The molecule has 8 heteroatoms. The third kappa shape index (κ3) is 1.94. The summed E-state index contributed by atoms with van der Waals surface area (Å²) in [7, 11) is -2.51. The van der Waals surface area contributed by atoms with E-state index in [-0.39, 0.29) is 5.03 Å². The zero-order valence-corrected chi connectivity index (χ0v) is 6.95. The molecule has 0 aliphatic carbocycles. The molecule has 0 aliphatic rings. The highest BCUT2D eigenvalue weighted by Gasteiger charge is 2.16. The predicted octanol–water partition coefficient (Wildman–Crippen LogP) is -1.29. The number of rotatable bonds is 3. The van der Waals surface area contributed by atoms with E-state index in [2.05, 4.69) is 19.7 Å². The lowest BCUT2D eigenvalue weighted by Crippen LogP contribution is -2.17. The number of hydroxylamine groups is 1. The van der Waals surface area contributed by atoms with Crippen molar-refractivity contribution in [3.8, 4) is 0 Å². The molecule has 0 aliphatic heterocycles. The fourth-order valence-corrected chi connectivity index (χ4v) is 1.18. The van der Waals surface area contributed by atoms with E-state index in [4.69, 9.17) is 0 Å². The van der Waals surface area contributed by atoms with Gasteiger partial charge < -0.3 is 0 Å². The average Bonchev–Trinajstić information content (AvgIpc) is 2.06. The van der Waals surface area contributed by atoms with Gasteiger partial charge in [-0.15, -0.1) is 10.2 Å². The van der Waals surface area contributed by atoms with Crippen molar-refractivity contribution in [2.24, 2.45) is 0 Å². The van der Waals surface area contributed by atoms with Crippen molar-refractivity contribution in [1.29, 1.82) is 0 Å². The Labute approximate surface area is 68.8 Å². The summed E-state index contributed by atoms with van der Waals surface area (Å²) < 4.78 is 26.2. The molecule has 0 bridgehead atoms. The van der Waals surface area contributed by atoms with Gasteiger partial charge in [0.05, 0.1) is 6.20 Å². The standard InChI is InChI=1S/C4H6N4O3S/c1-5-11-12(9,10)4-2-3-6-8-7-4/h2-3,5H,1H3. The van der Waals surface area contributed by atoms with E-state index in [0.717, 1.165) is 0 Å². The van der Waals surface area contributed by atoms with Crippen molar-refractivity contribution >= 4 is 10.1 Å². The number of aromatic nitrogens is 3. The van der Waals surface area contributed by atoms with E-state index in [1.165, 1.54) is 19.3 Å². The van der Waals surface area contributed by atoms with Crippen molar-refractivity contribution in [3.63, 3.8) is 0 Å². The second kappa shape index (κ2) is 3.52. The van der Waals surface area contributed by atoms with E-state index in [1.54, 1.807) is 0 Å². The zero-order chi connectivity index (χ0) is 9.03. The van der Waals surface area contributed by atoms with E-state index >= 15 is 0 Å². The van der Waals surface area contributed by atoms with Crippen LogP contribution in [0.3, 0.4) is 0 Å². The molecule has 0 fully saturated rings. The first kappa shape index (κ1) is 8.97. The van der Waals surface area contributed by atoms with Gasteiger partial charge in [0, 0.05) is 13.1 Å². The highest BCUT2D eigenvalue weighted by Crippen LogP contribution is 2.03. The number of nitrogens with one attached hydrogen (secondary N) is 1. The molecule has 0 saturated carbocycles. The van der Waals surface area contributed by atoms with Gasteiger partial charge in [-0.05, 0) is 5.21 Å². The molecule has 66 valence electrons. The molecule has 1 rings (SSSR count). The van der Waals surface area contributed by atoms with Crippen LogP contribution in [0.5, 0.6) is 0 Å². The van der Waals surface area contributed by atoms with E-state index in [1.807, 2.05) is 5.48 Å². The lowest BCUT2D eigenvalue weighted by molar-refractivity contribution is 0.230. The minimum atomic E-state index is -3.84. The molecule has 0 saturated heterocycles. The Balaban J connectivity index is 2.99. The topological polar surface area (TPSA) is 94.1 Å². The van der Waals surface area contributed by atoms with Crippen LogP contribution in [0.15, 0.2) is 17.3 Å². The molecule has 1 aromatic rings. The van der Waals surface area contributed by atoms with Crippen LogP contribution in [0.25, 0.3) is 0 Å². The number of hydrogen-bond acceptors (Lipinski definition) is 7. The van der Waals surface area contributed by atoms with Crippen LogP contribution < -0.4 is 5.48 Å². The largest absolute Gasteiger partial charge is 0.332 e. The minimum absolute atomic E-state index is 0.285. The highest BCUT2D eigenvalue weighted by molar-refractivity contribution is 7.86. The Morgan fingerprint density at radius 1 is 1.58 bits per heavy atom. The van der Waals surface area contributed by atoms with Gasteiger partial charge in [0.15, 0.2) is 0 Å². The summed E-state index contributed by atoms with van der Waals surface area (Å²) in [6.07, 6.45) is 1.21. The molecule has 1 N–H and O–H groups in total. The van der Waals surface area contributed by atoms with Gasteiger partial charge in [-0.25, -0.2) is 0 Å². The van der Waals surface area contributed by atoms with Crippen molar-refractivity contribution in [3.05, 3.63) is 12.3 Å². The third-order valence-electron chi connectivity index (χ3n) is 0.928. The molecule has 0 atom stereocenters. The van der Waals surface area contributed by atoms with Gasteiger partial charge in [0.1, 0.15) is 0 Å². The zero-order valence-electron chi connectivity index (χ0n) is 6.13. The summed E-state index contributed by atoms with van der Waals surface area (Å²) in [5.74, 6) is 0. The highest BCUT2D eigenvalue weighted by atomic mass is 32.2. The Bertz CT molecular complexity index is 337. The monoisotopic (exact) mass is 190 g/mol. The number of hydrogen-bond donors (Lipinski definition) is 1. The predicted molar refractivity (Wildman–Crippen MR) is 37.2 cm³/mol. The van der Waals surface area contributed by atoms with Crippen LogP contribution in [-0.4, -0.2) is 30.9 Å². The fourth-order valence-electron chi connectivity index (χ4n) is 0.516. The van der Waals surface area contributed by atoms with Crippen LogP contribution in [0, 0.1) is 0 Å². The number of nitrogens with zero attached hydrogens (tertiary/aromatic N) is 3. The van der Waals surface area contributed by atoms with Gasteiger partial charge in [-0.1, -0.05) is 0 Å². The van der Waals surface area contributed by atoms with Gasteiger partial charge in [0.2, 0.25) is 5.03 Å². The van der Waals surface area contributed by atoms with Crippen molar-refractivity contribution in [2.45, 2.75) is 5.03 Å². The maximum absolute atomic E-state index is 11.0. The normalized spacial score (nSPS) is 11.4. The molecule has 12 heavy (non-hydrogen) atoms. The Morgan fingerprint density at radius 3 is 2.83 bits per heavy atom. The van der Waals surface area contributed by atoms with Crippen LogP contribution >= 0.6 is 0 Å². The van der Waals surface area contributed by atoms with Gasteiger partial charge in [0.25, 0.3) is 0 Å². The molecular weight excluding hydrogens is 184 g/mol. The van der Waals surface area contributed by atoms with E-state index in [0.29, 0.717) is 0 Å². The van der Waals surface area contributed by atoms with Gasteiger partial charge in [-0.3, -0.25) is 0 Å². The first-order valence-corrected chi connectivity index (χ1v) is 4.32. The van der Waals surface area contributed by atoms with Crippen LogP contribution in [0.2, 0.25) is 0 Å². The molecule has 1 heterocycles. The van der Waals surface area contributed by atoms with E-state index in [9.17, 15) is 8.42 Å². The SMILES string of the molecule is CNOS(=O)(=O)c1ccnnn1.